The first-order chi connectivity index (χ1) is 4.61. The number of carbonyl (C=O) groups is 2. The van der Waals surface area contributed by atoms with Crippen molar-refractivity contribution < 1.29 is 14.3 Å². The van der Waals surface area contributed by atoms with Gasteiger partial charge in [0.2, 0.25) is 5.91 Å². The summed E-state index contributed by atoms with van der Waals surface area (Å²) in [6, 6.07) is 0. The predicted octanol–water partition coefficient (Wildman–Crippen LogP) is -0.359. The molecule has 1 rings (SSSR count). The second kappa shape index (κ2) is 2.28. The van der Waals surface area contributed by atoms with E-state index in [9.17, 15) is 9.59 Å². The van der Waals surface area contributed by atoms with E-state index in [-0.39, 0.29) is 17.8 Å². The van der Waals surface area contributed by atoms with Crippen LogP contribution < -0.4 is 5.32 Å². The number of rotatable bonds is 1. The summed E-state index contributed by atoms with van der Waals surface area (Å²) >= 11 is 0. The molecule has 1 amide bonds. The average molecular weight is 143 g/mol. The molecule has 56 valence electrons. The fraction of sp³-hybridized carbons (Fsp3) is 0.667. The zero-order valence-electron chi connectivity index (χ0n) is 5.88. The molecule has 0 radical (unpaired) electrons. The average Bonchev–Trinajstić information content (AvgIpc) is 1.86. The van der Waals surface area contributed by atoms with E-state index in [1.807, 2.05) is 0 Å². The van der Waals surface area contributed by atoms with E-state index >= 15 is 0 Å². The van der Waals surface area contributed by atoms with Gasteiger partial charge in [0.15, 0.2) is 6.23 Å². The van der Waals surface area contributed by atoms with Crippen molar-refractivity contribution >= 4 is 11.9 Å². The number of ether oxygens (including phenoxy) is 1. The van der Waals surface area contributed by atoms with E-state index in [1.54, 1.807) is 6.92 Å². The standard InChI is InChI=1S/C6H9NO3/c1-3-5(9)7-6(3)10-4(2)8/h3,6H,1-2H3,(H,7,9). The van der Waals surface area contributed by atoms with Gasteiger partial charge >= 0.3 is 5.97 Å². The molecule has 4 heteroatoms. The maximum atomic E-state index is 10.5. The Balaban J connectivity index is 2.34. The number of hydrogen-bond acceptors (Lipinski definition) is 3. The van der Waals surface area contributed by atoms with E-state index in [2.05, 4.69) is 5.32 Å². The number of hydrogen-bond donors (Lipinski definition) is 1. The van der Waals surface area contributed by atoms with Crippen LogP contribution in [0.3, 0.4) is 0 Å². The van der Waals surface area contributed by atoms with Crippen molar-refractivity contribution in [3.8, 4) is 0 Å². The van der Waals surface area contributed by atoms with Crippen molar-refractivity contribution in [1.82, 2.24) is 5.32 Å². The molecule has 2 atom stereocenters. The zero-order valence-corrected chi connectivity index (χ0v) is 5.88. The van der Waals surface area contributed by atoms with Crippen LogP contribution in [-0.2, 0) is 14.3 Å². The third-order valence-corrected chi connectivity index (χ3v) is 1.45. The van der Waals surface area contributed by atoms with E-state index < -0.39 is 6.23 Å². The van der Waals surface area contributed by atoms with Crippen LogP contribution in [0, 0.1) is 5.92 Å². The van der Waals surface area contributed by atoms with Crippen LogP contribution in [0.2, 0.25) is 0 Å². The quantitative estimate of drug-likeness (QED) is 0.403. The smallest absolute Gasteiger partial charge is 0.304 e. The van der Waals surface area contributed by atoms with E-state index in [0.717, 1.165) is 0 Å². The maximum Gasteiger partial charge on any atom is 0.304 e. The molecule has 0 aromatic carbocycles. The number of nitrogens with one attached hydrogen (secondary N) is 1. The van der Waals surface area contributed by atoms with Gasteiger partial charge in [-0.3, -0.25) is 9.59 Å². The van der Waals surface area contributed by atoms with Gasteiger partial charge in [-0.1, -0.05) is 0 Å². The molecule has 1 saturated heterocycles. The summed E-state index contributed by atoms with van der Waals surface area (Å²) < 4.78 is 4.70. The van der Waals surface area contributed by atoms with Crippen LogP contribution in [0.15, 0.2) is 0 Å². The molecule has 0 aromatic rings. The van der Waals surface area contributed by atoms with Gasteiger partial charge in [-0.2, -0.15) is 0 Å². The van der Waals surface area contributed by atoms with Crippen LogP contribution in [0.5, 0.6) is 0 Å². The van der Waals surface area contributed by atoms with Crippen LogP contribution >= 0.6 is 0 Å². The number of β-lactam (4-membered cyclic amide) rings is 1. The largest absolute Gasteiger partial charge is 0.441 e. The maximum absolute atomic E-state index is 10.5. The lowest BCUT2D eigenvalue weighted by Gasteiger charge is -2.32. The monoisotopic (exact) mass is 143 g/mol. The van der Waals surface area contributed by atoms with Gasteiger partial charge in [0.25, 0.3) is 0 Å². The fourth-order valence-electron chi connectivity index (χ4n) is 0.748. The van der Waals surface area contributed by atoms with Crippen LogP contribution in [0.4, 0.5) is 0 Å². The molecule has 1 N–H and O–H groups in total. The minimum atomic E-state index is -0.398. The van der Waals surface area contributed by atoms with Crippen molar-refractivity contribution in [2.45, 2.75) is 20.1 Å². The van der Waals surface area contributed by atoms with E-state index in [0.29, 0.717) is 0 Å². The van der Waals surface area contributed by atoms with Crippen LogP contribution in [0.1, 0.15) is 13.8 Å². The Bertz CT molecular complexity index is 178. The summed E-state index contributed by atoms with van der Waals surface area (Å²) in [6.07, 6.45) is -0.398. The van der Waals surface area contributed by atoms with Crippen LogP contribution in [-0.4, -0.2) is 18.1 Å². The van der Waals surface area contributed by atoms with Crippen molar-refractivity contribution in [3.05, 3.63) is 0 Å². The molecular weight excluding hydrogens is 134 g/mol. The molecule has 0 aromatic heterocycles. The lowest BCUT2D eigenvalue weighted by molar-refractivity contribution is -0.165. The Morgan fingerprint density at radius 3 is 2.60 bits per heavy atom. The molecule has 1 fully saturated rings. The molecule has 0 bridgehead atoms. The van der Waals surface area contributed by atoms with Crippen molar-refractivity contribution in [1.29, 1.82) is 0 Å². The Morgan fingerprint density at radius 2 is 2.30 bits per heavy atom. The minimum Gasteiger partial charge on any atom is -0.441 e. The third kappa shape index (κ3) is 1.10. The molecule has 1 aliphatic heterocycles. The zero-order chi connectivity index (χ0) is 7.72. The molecule has 0 saturated carbocycles. The lowest BCUT2D eigenvalue weighted by atomic mass is 10.0. The predicted molar refractivity (Wildman–Crippen MR) is 32.9 cm³/mol. The van der Waals surface area contributed by atoms with Gasteiger partial charge in [-0.15, -0.1) is 0 Å². The highest BCUT2D eigenvalue weighted by Crippen LogP contribution is 2.14. The van der Waals surface area contributed by atoms with Crippen molar-refractivity contribution in [3.63, 3.8) is 0 Å². The molecular formula is C6H9NO3. The minimum absolute atomic E-state index is 0.0637. The Labute approximate surface area is 58.5 Å². The summed E-state index contributed by atoms with van der Waals surface area (Å²) in [7, 11) is 0. The van der Waals surface area contributed by atoms with Crippen molar-refractivity contribution in [2.75, 3.05) is 0 Å². The van der Waals surface area contributed by atoms with Gasteiger partial charge in [0.1, 0.15) is 0 Å². The van der Waals surface area contributed by atoms with Crippen molar-refractivity contribution in [2.24, 2.45) is 5.92 Å². The summed E-state index contributed by atoms with van der Waals surface area (Å²) in [5.74, 6) is -0.619. The summed E-state index contributed by atoms with van der Waals surface area (Å²) in [4.78, 5) is 20.8. The van der Waals surface area contributed by atoms with Gasteiger partial charge < -0.3 is 10.1 Å². The topological polar surface area (TPSA) is 55.4 Å². The molecule has 4 nitrogen and oxygen atoms in total. The van der Waals surface area contributed by atoms with Crippen LogP contribution in [0.25, 0.3) is 0 Å². The Hall–Kier alpha value is -1.06. The molecule has 1 heterocycles. The third-order valence-electron chi connectivity index (χ3n) is 1.45. The Kier molecular flexibility index (Phi) is 1.61. The number of esters is 1. The Morgan fingerprint density at radius 1 is 1.70 bits per heavy atom. The van der Waals surface area contributed by atoms with E-state index in [1.165, 1.54) is 6.92 Å². The SMILES string of the molecule is CC(=O)OC1NC(=O)C1C. The number of amides is 1. The summed E-state index contributed by atoms with van der Waals surface area (Å²) in [6.45, 7) is 3.03. The van der Waals surface area contributed by atoms with E-state index in [4.69, 9.17) is 4.74 Å². The summed E-state index contributed by atoms with van der Waals surface area (Å²) in [5, 5.41) is 2.44. The highest BCUT2D eigenvalue weighted by Gasteiger charge is 2.37. The van der Waals surface area contributed by atoms with Gasteiger partial charge in [-0.05, 0) is 6.92 Å². The first-order valence-corrected chi connectivity index (χ1v) is 3.09. The molecule has 0 aliphatic carbocycles. The van der Waals surface area contributed by atoms with Gasteiger partial charge in [0, 0.05) is 6.92 Å². The second-order valence-electron chi connectivity index (χ2n) is 2.33. The second-order valence-corrected chi connectivity index (χ2v) is 2.33. The van der Waals surface area contributed by atoms with Gasteiger partial charge in [-0.25, -0.2) is 0 Å². The highest BCUT2D eigenvalue weighted by atomic mass is 16.6. The molecule has 10 heavy (non-hydrogen) atoms. The lowest BCUT2D eigenvalue weighted by Crippen LogP contribution is -2.58. The molecule has 1 aliphatic rings. The normalized spacial score (nSPS) is 30.4. The highest BCUT2D eigenvalue weighted by molar-refractivity contribution is 5.85. The van der Waals surface area contributed by atoms with Gasteiger partial charge in [0.05, 0.1) is 5.92 Å². The first kappa shape index (κ1) is 7.05. The summed E-state index contributed by atoms with van der Waals surface area (Å²) in [5.41, 5.74) is 0. The fourth-order valence-corrected chi connectivity index (χ4v) is 0.748. The first-order valence-electron chi connectivity index (χ1n) is 3.09. The molecule has 0 spiro atoms. The number of carbonyl (C=O) groups excluding carboxylic acids is 2. The molecule has 2 unspecified atom stereocenters.